The van der Waals surface area contributed by atoms with E-state index in [-0.39, 0.29) is 18.8 Å². The number of ether oxygens (including phenoxy) is 2. The fourth-order valence-electron chi connectivity index (χ4n) is 4.72. The van der Waals surface area contributed by atoms with Gasteiger partial charge in [-0.1, -0.05) is 43.3 Å². The van der Waals surface area contributed by atoms with Crippen LogP contribution in [-0.4, -0.2) is 39.9 Å². The summed E-state index contributed by atoms with van der Waals surface area (Å²) in [5.74, 6) is -0.675. The highest BCUT2D eigenvalue weighted by Crippen LogP contribution is 2.44. The van der Waals surface area contributed by atoms with Gasteiger partial charge in [0.25, 0.3) is 0 Å². The van der Waals surface area contributed by atoms with Crippen molar-refractivity contribution < 1.29 is 28.2 Å². The summed E-state index contributed by atoms with van der Waals surface area (Å²) in [4.78, 5) is 19.7. The van der Waals surface area contributed by atoms with Gasteiger partial charge >= 0.3 is 5.97 Å². The molecule has 2 heterocycles. The van der Waals surface area contributed by atoms with Crippen molar-refractivity contribution in [3.8, 4) is 28.3 Å². The summed E-state index contributed by atoms with van der Waals surface area (Å²) in [5, 5.41) is 9.52. The standard InChI is InChI=1S/C28H27FN2O5/c1-2-17-10-12-18(13-11-17)24-25-27(35-20-7-5-6-19(14-20)34-15-23(32)33)30-16-31-28(25)36-26(24)21-8-3-4-9-22(21)29/h3-4,8-13,16,19-20H,2,5-7,14-15H2,1H3,(H,32,33)/t19-,20+/m0/s1. The van der Waals surface area contributed by atoms with Gasteiger partial charge in [0.1, 0.15) is 36.0 Å². The van der Waals surface area contributed by atoms with Gasteiger partial charge in [0, 0.05) is 12.0 Å². The predicted molar refractivity (Wildman–Crippen MR) is 132 cm³/mol. The normalized spacial score (nSPS) is 17.8. The Morgan fingerprint density at radius 3 is 2.64 bits per heavy atom. The van der Waals surface area contributed by atoms with Crippen molar-refractivity contribution >= 4 is 17.1 Å². The molecule has 2 aromatic carbocycles. The summed E-state index contributed by atoms with van der Waals surface area (Å²) in [6.07, 6.45) is 4.84. The summed E-state index contributed by atoms with van der Waals surface area (Å²) >= 11 is 0. The van der Waals surface area contributed by atoms with Gasteiger partial charge in [-0.05, 0) is 48.9 Å². The van der Waals surface area contributed by atoms with E-state index in [1.165, 1.54) is 18.0 Å². The number of carbonyl (C=O) groups is 1. The van der Waals surface area contributed by atoms with Crippen LogP contribution < -0.4 is 4.74 Å². The lowest BCUT2D eigenvalue weighted by atomic mass is 9.94. The number of hydrogen-bond donors (Lipinski definition) is 1. The SMILES string of the molecule is CCc1ccc(-c2c(-c3ccccc3F)oc3ncnc(O[C@@H]4CCC[C@H](OCC(=O)O)C4)c23)cc1. The Hall–Kier alpha value is -3.78. The van der Waals surface area contributed by atoms with Gasteiger partial charge in [-0.3, -0.25) is 0 Å². The number of rotatable bonds is 8. The Balaban J connectivity index is 1.58. The number of nitrogens with zero attached hydrogens (tertiary/aromatic N) is 2. The van der Waals surface area contributed by atoms with Crippen molar-refractivity contribution in [3.63, 3.8) is 0 Å². The molecular weight excluding hydrogens is 463 g/mol. The first kappa shape index (κ1) is 23.9. The van der Waals surface area contributed by atoms with Crippen LogP contribution in [0.3, 0.4) is 0 Å². The van der Waals surface area contributed by atoms with Gasteiger partial charge in [-0.25, -0.2) is 19.2 Å². The second-order valence-electron chi connectivity index (χ2n) is 8.93. The number of carboxylic acid groups (broad SMARTS) is 1. The van der Waals surface area contributed by atoms with Gasteiger partial charge in [-0.15, -0.1) is 0 Å². The summed E-state index contributed by atoms with van der Waals surface area (Å²) in [6, 6.07) is 14.5. The first-order valence-electron chi connectivity index (χ1n) is 12.1. The minimum atomic E-state index is -0.992. The van der Waals surface area contributed by atoms with Gasteiger partial charge in [0.15, 0.2) is 0 Å². The maximum Gasteiger partial charge on any atom is 0.329 e. The number of aromatic nitrogens is 2. The highest BCUT2D eigenvalue weighted by molar-refractivity contribution is 6.03. The molecule has 0 bridgehead atoms. The molecule has 2 aromatic heterocycles. The molecule has 0 unspecified atom stereocenters. The van der Waals surface area contributed by atoms with Crippen LogP contribution in [-0.2, 0) is 16.0 Å². The molecule has 4 aromatic rings. The highest BCUT2D eigenvalue weighted by Gasteiger charge is 2.29. The summed E-state index contributed by atoms with van der Waals surface area (Å²) in [6.45, 7) is 1.76. The molecular formula is C28H27FN2O5. The van der Waals surface area contributed by atoms with Crippen LogP contribution in [0.15, 0.2) is 59.3 Å². The molecule has 36 heavy (non-hydrogen) atoms. The molecule has 2 atom stereocenters. The second-order valence-corrected chi connectivity index (χ2v) is 8.93. The molecule has 1 aliphatic carbocycles. The molecule has 1 aliphatic rings. The number of furan rings is 1. The van der Waals surface area contributed by atoms with Crippen LogP contribution >= 0.6 is 0 Å². The number of aliphatic carboxylic acids is 1. The topological polar surface area (TPSA) is 94.7 Å². The third kappa shape index (κ3) is 4.95. The van der Waals surface area contributed by atoms with E-state index in [4.69, 9.17) is 19.0 Å². The zero-order valence-electron chi connectivity index (χ0n) is 19.9. The van der Waals surface area contributed by atoms with E-state index < -0.39 is 11.8 Å². The van der Waals surface area contributed by atoms with E-state index in [1.54, 1.807) is 18.2 Å². The fraction of sp³-hybridized carbons (Fsp3) is 0.321. The first-order chi connectivity index (χ1) is 17.5. The average molecular weight is 491 g/mol. The zero-order chi connectivity index (χ0) is 25.1. The minimum absolute atomic E-state index is 0.198. The monoisotopic (exact) mass is 490 g/mol. The second kappa shape index (κ2) is 10.5. The lowest BCUT2D eigenvalue weighted by Gasteiger charge is -2.29. The van der Waals surface area contributed by atoms with Gasteiger partial charge in [0.2, 0.25) is 11.6 Å². The molecule has 5 rings (SSSR count). The lowest BCUT2D eigenvalue weighted by Crippen LogP contribution is -2.31. The number of hydrogen-bond acceptors (Lipinski definition) is 6. The zero-order valence-corrected chi connectivity index (χ0v) is 19.9. The van der Waals surface area contributed by atoms with E-state index in [0.29, 0.717) is 40.3 Å². The number of carboxylic acids is 1. The smallest absolute Gasteiger partial charge is 0.329 e. The number of halogens is 1. The summed E-state index contributed by atoms with van der Waals surface area (Å²) in [5.41, 5.74) is 3.33. The molecule has 7 nitrogen and oxygen atoms in total. The van der Waals surface area contributed by atoms with Gasteiger partial charge in [-0.2, -0.15) is 0 Å². The molecule has 186 valence electrons. The average Bonchev–Trinajstić information content (AvgIpc) is 3.28. The number of aryl methyl sites for hydroxylation is 1. The van der Waals surface area contributed by atoms with Crippen molar-refractivity contribution in [1.29, 1.82) is 0 Å². The molecule has 8 heteroatoms. The predicted octanol–water partition coefficient (Wildman–Crippen LogP) is 6.05. The van der Waals surface area contributed by atoms with E-state index in [1.807, 2.05) is 24.3 Å². The molecule has 0 spiro atoms. The molecule has 1 fully saturated rings. The molecule has 1 saturated carbocycles. The molecule has 0 amide bonds. The van der Waals surface area contributed by atoms with Crippen molar-refractivity contribution in [2.45, 2.75) is 51.2 Å². The Morgan fingerprint density at radius 1 is 1.11 bits per heavy atom. The van der Waals surface area contributed by atoms with E-state index in [9.17, 15) is 9.18 Å². The van der Waals surface area contributed by atoms with Gasteiger partial charge < -0.3 is 19.0 Å². The van der Waals surface area contributed by atoms with Crippen LogP contribution in [0, 0.1) is 5.82 Å². The molecule has 0 aliphatic heterocycles. The van der Waals surface area contributed by atoms with Crippen molar-refractivity contribution in [1.82, 2.24) is 9.97 Å². The molecule has 0 saturated heterocycles. The first-order valence-corrected chi connectivity index (χ1v) is 12.1. The van der Waals surface area contributed by atoms with Crippen molar-refractivity contribution in [3.05, 3.63) is 66.2 Å². The minimum Gasteiger partial charge on any atom is -0.480 e. The van der Waals surface area contributed by atoms with Gasteiger partial charge in [0.05, 0.1) is 11.7 Å². The van der Waals surface area contributed by atoms with E-state index >= 15 is 0 Å². The summed E-state index contributed by atoms with van der Waals surface area (Å²) < 4.78 is 32.9. The molecule has 1 N–H and O–H groups in total. The van der Waals surface area contributed by atoms with Crippen molar-refractivity contribution in [2.24, 2.45) is 0 Å². The number of fused-ring (bicyclic) bond motifs is 1. The third-order valence-electron chi connectivity index (χ3n) is 6.52. The van der Waals surface area contributed by atoms with E-state index in [0.717, 1.165) is 31.2 Å². The quantitative estimate of drug-likeness (QED) is 0.321. The number of benzene rings is 2. The van der Waals surface area contributed by atoms with Crippen LogP contribution in [0.25, 0.3) is 33.6 Å². The Kier molecular flexibility index (Phi) is 6.95. The van der Waals surface area contributed by atoms with Crippen LogP contribution in [0.4, 0.5) is 4.39 Å². The summed E-state index contributed by atoms with van der Waals surface area (Å²) in [7, 11) is 0. The van der Waals surface area contributed by atoms with Crippen molar-refractivity contribution in [2.75, 3.05) is 6.61 Å². The Bertz CT molecular complexity index is 1370. The largest absolute Gasteiger partial charge is 0.480 e. The lowest BCUT2D eigenvalue weighted by molar-refractivity contribution is -0.145. The Morgan fingerprint density at radius 2 is 1.89 bits per heavy atom. The maximum absolute atomic E-state index is 14.9. The van der Waals surface area contributed by atoms with E-state index in [2.05, 4.69) is 16.9 Å². The molecule has 0 radical (unpaired) electrons. The van der Waals surface area contributed by atoms with Crippen LogP contribution in [0.1, 0.15) is 38.2 Å². The Labute approximate surface area is 207 Å². The van der Waals surface area contributed by atoms with Crippen LogP contribution in [0.2, 0.25) is 0 Å². The maximum atomic E-state index is 14.9. The van der Waals surface area contributed by atoms with Crippen LogP contribution in [0.5, 0.6) is 5.88 Å². The highest BCUT2D eigenvalue weighted by atomic mass is 19.1. The fourth-order valence-corrected chi connectivity index (χ4v) is 4.72. The third-order valence-corrected chi connectivity index (χ3v) is 6.52.